The van der Waals surface area contributed by atoms with E-state index in [1.165, 1.54) is 0 Å². The summed E-state index contributed by atoms with van der Waals surface area (Å²) in [7, 11) is 0. The Morgan fingerprint density at radius 2 is 1.74 bits per heavy atom. The number of hydrogen-bond acceptors (Lipinski definition) is 6. The van der Waals surface area contributed by atoms with E-state index in [2.05, 4.69) is 6.58 Å². The highest BCUT2D eigenvalue weighted by atomic mass is 16.6. The fourth-order valence-electron chi connectivity index (χ4n) is 4.06. The molecule has 0 bridgehead atoms. The van der Waals surface area contributed by atoms with Crippen molar-refractivity contribution in [3.05, 3.63) is 101 Å². The van der Waals surface area contributed by atoms with Gasteiger partial charge in [-0.1, -0.05) is 36.9 Å². The van der Waals surface area contributed by atoms with Gasteiger partial charge >= 0.3 is 11.9 Å². The second-order valence-electron chi connectivity index (χ2n) is 7.53. The lowest BCUT2D eigenvalue weighted by atomic mass is 9.77. The number of aliphatic hydroxyl groups is 1. The molecule has 3 aromatic rings. The van der Waals surface area contributed by atoms with Crippen molar-refractivity contribution in [3.8, 4) is 17.2 Å². The first-order valence-electron chi connectivity index (χ1n) is 9.71. The molecule has 6 heteroatoms. The number of esters is 2. The van der Waals surface area contributed by atoms with Gasteiger partial charge in [-0.2, -0.15) is 0 Å². The molecule has 1 N–H and O–H groups in total. The summed E-state index contributed by atoms with van der Waals surface area (Å²) in [5.41, 5.74) is 2.17. The van der Waals surface area contributed by atoms with Gasteiger partial charge < -0.3 is 19.3 Å². The first-order valence-corrected chi connectivity index (χ1v) is 9.71. The molecule has 0 amide bonds. The number of carbonyl (C=O) groups excluding carboxylic acids is 2. The van der Waals surface area contributed by atoms with Gasteiger partial charge in [-0.05, 0) is 36.8 Å². The van der Waals surface area contributed by atoms with Crippen LogP contribution < -0.4 is 9.47 Å². The normalized spacial score (nSPS) is 17.8. The van der Waals surface area contributed by atoms with Crippen molar-refractivity contribution in [2.45, 2.75) is 19.1 Å². The summed E-state index contributed by atoms with van der Waals surface area (Å²) in [4.78, 5) is 24.7. The van der Waals surface area contributed by atoms with Crippen LogP contribution in [0.25, 0.3) is 0 Å². The van der Waals surface area contributed by atoms with Crippen LogP contribution in [0.3, 0.4) is 0 Å². The van der Waals surface area contributed by atoms with Crippen LogP contribution in [0.4, 0.5) is 0 Å². The molecule has 3 aromatic carbocycles. The summed E-state index contributed by atoms with van der Waals surface area (Å²) in [5.74, 6) is 0.136. The predicted octanol–water partition coefficient (Wildman–Crippen LogP) is 4.23. The lowest BCUT2D eigenvalue weighted by molar-refractivity contribution is -0.130. The largest absolute Gasteiger partial charge is 0.456 e. The van der Waals surface area contributed by atoms with Gasteiger partial charge in [-0.25, -0.2) is 9.59 Å². The molecule has 154 valence electrons. The summed E-state index contributed by atoms with van der Waals surface area (Å²) < 4.78 is 17.5. The molecule has 6 nitrogen and oxygen atoms in total. The van der Waals surface area contributed by atoms with Crippen LogP contribution >= 0.6 is 0 Å². The summed E-state index contributed by atoms with van der Waals surface area (Å²) in [6.45, 7) is 4.99. The number of ether oxygens (including phenoxy) is 3. The van der Waals surface area contributed by atoms with Gasteiger partial charge in [0.25, 0.3) is 0 Å². The highest BCUT2D eigenvalue weighted by Crippen LogP contribution is 2.56. The second kappa shape index (κ2) is 6.82. The fraction of sp³-hybridized carbons (Fsp3) is 0.120. The Hall–Kier alpha value is -3.90. The number of benzene rings is 3. The molecule has 0 aromatic heterocycles. The summed E-state index contributed by atoms with van der Waals surface area (Å²) in [5, 5.41) is 9.58. The Morgan fingerprint density at radius 3 is 2.48 bits per heavy atom. The predicted molar refractivity (Wildman–Crippen MR) is 111 cm³/mol. The monoisotopic (exact) mass is 414 g/mol. The first kappa shape index (κ1) is 19.1. The molecule has 2 aliphatic rings. The fourth-order valence-corrected chi connectivity index (χ4v) is 4.06. The molecular formula is C25H18O6. The van der Waals surface area contributed by atoms with Gasteiger partial charge in [-0.3, -0.25) is 0 Å². The van der Waals surface area contributed by atoms with Crippen molar-refractivity contribution in [1.29, 1.82) is 0 Å². The highest BCUT2D eigenvalue weighted by Gasteiger charge is 2.53. The molecule has 0 saturated heterocycles. The van der Waals surface area contributed by atoms with Crippen molar-refractivity contribution < 1.29 is 28.9 Å². The van der Waals surface area contributed by atoms with Crippen LogP contribution in [-0.2, 0) is 21.7 Å². The Labute approximate surface area is 178 Å². The summed E-state index contributed by atoms with van der Waals surface area (Å²) in [6.07, 6.45) is 0. The SMILES string of the molecule is C=C(C)C(=O)Oc1ccc2c(c1)Oc1cc(CO)ccc1C21OC(=O)c2ccccc21. The zero-order chi connectivity index (χ0) is 21.8. The van der Waals surface area contributed by atoms with Gasteiger partial charge in [0.2, 0.25) is 0 Å². The van der Waals surface area contributed by atoms with E-state index in [4.69, 9.17) is 14.2 Å². The molecule has 0 saturated carbocycles. The van der Waals surface area contributed by atoms with Crippen LogP contribution in [-0.4, -0.2) is 17.0 Å². The zero-order valence-corrected chi connectivity index (χ0v) is 16.7. The molecule has 2 aliphatic heterocycles. The number of carbonyl (C=O) groups is 2. The smallest absolute Gasteiger partial charge is 0.340 e. The van der Waals surface area contributed by atoms with Gasteiger partial charge in [0.05, 0.1) is 12.2 Å². The number of hydrogen-bond donors (Lipinski definition) is 1. The van der Waals surface area contributed by atoms with Crippen molar-refractivity contribution in [2.75, 3.05) is 0 Å². The van der Waals surface area contributed by atoms with Crippen molar-refractivity contribution in [1.82, 2.24) is 0 Å². The number of fused-ring (bicyclic) bond motifs is 6. The molecular weight excluding hydrogens is 396 g/mol. The lowest BCUT2D eigenvalue weighted by Crippen LogP contribution is -2.33. The van der Waals surface area contributed by atoms with E-state index in [1.807, 2.05) is 12.1 Å². The maximum Gasteiger partial charge on any atom is 0.340 e. The van der Waals surface area contributed by atoms with E-state index in [0.717, 1.165) is 0 Å². The van der Waals surface area contributed by atoms with Gasteiger partial charge in [-0.15, -0.1) is 0 Å². The van der Waals surface area contributed by atoms with Gasteiger partial charge in [0, 0.05) is 28.3 Å². The molecule has 1 unspecified atom stereocenters. The van der Waals surface area contributed by atoms with Gasteiger partial charge in [0.1, 0.15) is 17.2 Å². The van der Waals surface area contributed by atoms with Crippen molar-refractivity contribution >= 4 is 11.9 Å². The topological polar surface area (TPSA) is 82.1 Å². The van der Waals surface area contributed by atoms with E-state index >= 15 is 0 Å². The molecule has 0 radical (unpaired) electrons. The summed E-state index contributed by atoms with van der Waals surface area (Å²) in [6, 6.07) is 17.4. The quantitative estimate of drug-likeness (QED) is 0.392. The minimum atomic E-state index is -1.21. The Bertz CT molecular complexity index is 1270. The van der Waals surface area contributed by atoms with E-state index in [9.17, 15) is 14.7 Å². The Morgan fingerprint density at radius 1 is 1.03 bits per heavy atom. The zero-order valence-electron chi connectivity index (χ0n) is 16.7. The average Bonchev–Trinajstić information content (AvgIpc) is 3.06. The standard InChI is InChI=1S/C25H18O6/c1-14(2)23(27)29-16-8-10-20-22(12-16)30-21-11-15(13-26)7-9-19(21)25(20)18-6-4-3-5-17(18)24(28)31-25/h3-12,26H,1,13H2,2H3. The Kier molecular flexibility index (Phi) is 4.20. The Balaban J connectivity index is 1.74. The lowest BCUT2D eigenvalue weighted by Gasteiger charge is -2.36. The third-order valence-corrected chi connectivity index (χ3v) is 5.49. The van der Waals surface area contributed by atoms with Crippen LogP contribution in [0, 0.1) is 0 Å². The third-order valence-electron chi connectivity index (χ3n) is 5.49. The second-order valence-corrected chi connectivity index (χ2v) is 7.53. The molecule has 1 spiro atoms. The molecule has 5 rings (SSSR count). The van der Waals surface area contributed by atoms with Crippen molar-refractivity contribution in [2.24, 2.45) is 0 Å². The van der Waals surface area contributed by atoms with E-state index in [0.29, 0.717) is 39.3 Å². The maximum absolute atomic E-state index is 12.8. The van der Waals surface area contributed by atoms with Crippen molar-refractivity contribution in [3.63, 3.8) is 0 Å². The molecule has 31 heavy (non-hydrogen) atoms. The number of aliphatic hydroxyl groups excluding tert-OH is 1. The van der Waals surface area contributed by atoms with Crippen LogP contribution in [0.2, 0.25) is 0 Å². The maximum atomic E-state index is 12.8. The molecule has 0 fully saturated rings. The first-order chi connectivity index (χ1) is 14.9. The van der Waals surface area contributed by atoms with E-state index in [1.54, 1.807) is 55.5 Å². The third kappa shape index (κ3) is 2.76. The number of rotatable bonds is 3. The molecule has 2 heterocycles. The molecule has 1 atom stereocenters. The average molecular weight is 414 g/mol. The van der Waals surface area contributed by atoms with Crippen LogP contribution in [0.1, 0.15) is 39.5 Å². The van der Waals surface area contributed by atoms with E-state index in [-0.39, 0.29) is 17.9 Å². The van der Waals surface area contributed by atoms with Crippen LogP contribution in [0.15, 0.2) is 72.8 Å². The summed E-state index contributed by atoms with van der Waals surface area (Å²) >= 11 is 0. The highest BCUT2D eigenvalue weighted by molar-refractivity contribution is 5.97. The van der Waals surface area contributed by atoms with Gasteiger partial charge in [0.15, 0.2) is 5.60 Å². The minimum Gasteiger partial charge on any atom is -0.456 e. The minimum absolute atomic E-state index is 0.164. The molecule has 0 aliphatic carbocycles. The van der Waals surface area contributed by atoms with E-state index < -0.39 is 17.5 Å². The van der Waals surface area contributed by atoms with Crippen LogP contribution in [0.5, 0.6) is 17.2 Å².